The molecule has 3 rings (SSSR count). The van der Waals surface area contributed by atoms with E-state index in [1.165, 1.54) is 23.1 Å². The first-order chi connectivity index (χ1) is 11.1. The highest BCUT2D eigenvalue weighted by atomic mass is 32.2. The van der Waals surface area contributed by atoms with Gasteiger partial charge in [0.2, 0.25) is 0 Å². The summed E-state index contributed by atoms with van der Waals surface area (Å²) in [7, 11) is 0. The molecule has 7 heteroatoms. The Morgan fingerprint density at radius 1 is 1.39 bits per heavy atom. The number of amides is 2. The molecule has 2 N–H and O–H groups in total. The average molecular weight is 347 g/mol. The quantitative estimate of drug-likeness (QED) is 0.863. The second-order valence-corrected chi connectivity index (χ2v) is 7.19. The molecule has 1 unspecified atom stereocenters. The summed E-state index contributed by atoms with van der Waals surface area (Å²) in [6, 6.07) is 7.25. The van der Waals surface area contributed by atoms with Gasteiger partial charge in [-0.05, 0) is 43.4 Å². The fourth-order valence-corrected chi connectivity index (χ4v) is 4.39. The van der Waals surface area contributed by atoms with Crippen molar-refractivity contribution < 1.29 is 9.59 Å². The van der Waals surface area contributed by atoms with E-state index in [-0.39, 0.29) is 11.9 Å². The summed E-state index contributed by atoms with van der Waals surface area (Å²) in [5.41, 5.74) is 5.97. The highest BCUT2D eigenvalue weighted by molar-refractivity contribution is 7.98. The second-order valence-electron chi connectivity index (χ2n) is 5.28. The first-order valence-electron chi connectivity index (χ1n) is 7.31. The van der Waals surface area contributed by atoms with Crippen molar-refractivity contribution in [1.29, 1.82) is 0 Å². The van der Waals surface area contributed by atoms with Gasteiger partial charge in [-0.15, -0.1) is 23.1 Å². The van der Waals surface area contributed by atoms with Crippen LogP contribution in [0.5, 0.6) is 0 Å². The van der Waals surface area contributed by atoms with Gasteiger partial charge in [-0.2, -0.15) is 0 Å². The minimum atomic E-state index is -0.422. The lowest BCUT2D eigenvalue weighted by Gasteiger charge is -2.24. The molecule has 1 aliphatic heterocycles. The number of carbonyl (C=O) groups is 2. The van der Waals surface area contributed by atoms with E-state index in [9.17, 15) is 9.59 Å². The third kappa shape index (κ3) is 3.11. The van der Waals surface area contributed by atoms with E-state index in [4.69, 9.17) is 5.73 Å². The van der Waals surface area contributed by atoms with Gasteiger partial charge in [0.05, 0.1) is 16.5 Å². The molecule has 120 valence electrons. The molecule has 0 radical (unpaired) electrons. The number of primary amides is 1. The fraction of sp³-hybridized carbons (Fsp3) is 0.312. The Bertz CT molecular complexity index is 744. The Morgan fingerprint density at radius 3 is 2.91 bits per heavy atom. The molecule has 1 atom stereocenters. The lowest BCUT2D eigenvalue weighted by atomic mass is 10.1. The Kier molecular flexibility index (Phi) is 4.68. The van der Waals surface area contributed by atoms with E-state index in [1.807, 2.05) is 23.3 Å². The predicted molar refractivity (Wildman–Crippen MR) is 91.9 cm³/mol. The molecule has 0 spiro atoms. The fourth-order valence-electron chi connectivity index (χ4n) is 2.84. The summed E-state index contributed by atoms with van der Waals surface area (Å²) < 4.78 is 0. The van der Waals surface area contributed by atoms with Gasteiger partial charge in [-0.3, -0.25) is 9.59 Å². The molecule has 3 heterocycles. The van der Waals surface area contributed by atoms with Crippen LogP contribution in [-0.4, -0.2) is 34.5 Å². The topological polar surface area (TPSA) is 76.3 Å². The van der Waals surface area contributed by atoms with E-state index in [2.05, 4.69) is 4.98 Å². The molecule has 0 aliphatic carbocycles. The number of hydrogen-bond acceptors (Lipinski definition) is 5. The van der Waals surface area contributed by atoms with Crippen LogP contribution in [0.4, 0.5) is 0 Å². The van der Waals surface area contributed by atoms with Gasteiger partial charge in [0.1, 0.15) is 5.03 Å². The Morgan fingerprint density at radius 2 is 2.22 bits per heavy atom. The number of carbonyl (C=O) groups excluding carboxylic acids is 2. The average Bonchev–Trinajstić information content (AvgIpc) is 3.22. The number of hydrogen-bond donors (Lipinski definition) is 1. The summed E-state index contributed by atoms with van der Waals surface area (Å²) in [5.74, 6) is -0.423. The van der Waals surface area contributed by atoms with Gasteiger partial charge in [-0.25, -0.2) is 4.98 Å². The number of pyridine rings is 1. The smallest absolute Gasteiger partial charge is 0.258 e. The van der Waals surface area contributed by atoms with Crippen molar-refractivity contribution in [3.63, 3.8) is 0 Å². The van der Waals surface area contributed by atoms with Gasteiger partial charge in [0, 0.05) is 17.6 Å². The zero-order valence-corrected chi connectivity index (χ0v) is 14.3. The van der Waals surface area contributed by atoms with Gasteiger partial charge >= 0.3 is 0 Å². The first kappa shape index (κ1) is 16.0. The third-order valence-corrected chi connectivity index (χ3v) is 5.82. The van der Waals surface area contributed by atoms with Crippen molar-refractivity contribution >= 4 is 34.9 Å². The van der Waals surface area contributed by atoms with Crippen LogP contribution in [0.2, 0.25) is 0 Å². The monoisotopic (exact) mass is 347 g/mol. The number of nitrogens with two attached hydrogens (primary N) is 1. The Labute approximate surface area is 142 Å². The highest BCUT2D eigenvalue weighted by Crippen LogP contribution is 2.37. The number of nitrogens with zero attached hydrogens (tertiary/aromatic N) is 2. The predicted octanol–water partition coefficient (Wildman–Crippen LogP) is 2.94. The van der Waals surface area contributed by atoms with Crippen LogP contribution in [0.15, 0.2) is 35.5 Å². The van der Waals surface area contributed by atoms with Crippen molar-refractivity contribution in [1.82, 2.24) is 9.88 Å². The molecule has 2 aromatic rings. The maximum absolute atomic E-state index is 12.9. The molecule has 5 nitrogen and oxygen atoms in total. The first-order valence-corrected chi connectivity index (χ1v) is 9.35. The molecule has 1 aliphatic rings. The number of thiophene rings is 1. The van der Waals surface area contributed by atoms with Gasteiger partial charge < -0.3 is 10.6 Å². The second kappa shape index (κ2) is 6.72. The molecule has 1 fully saturated rings. The van der Waals surface area contributed by atoms with Crippen molar-refractivity contribution in [3.8, 4) is 0 Å². The summed E-state index contributed by atoms with van der Waals surface area (Å²) in [6.45, 7) is 0.718. The van der Waals surface area contributed by atoms with Crippen molar-refractivity contribution in [3.05, 3.63) is 45.8 Å². The number of aromatic nitrogens is 1. The molecule has 2 amide bonds. The molecule has 2 aromatic heterocycles. The van der Waals surface area contributed by atoms with Gasteiger partial charge in [0.25, 0.3) is 11.8 Å². The SMILES string of the molecule is CSc1ncccc1C(=O)N1CCCC1c1ccc(C(N)=O)s1. The zero-order chi connectivity index (χ0) is 16.4. The summed E-state index contributed by atoms with van der Waals surface area (Å²) in [5, 5.41) is 0.743. The minimum Gasteiger partial charge on any atom is -0.365 e. The molecule has 1 saturated heterocycles. The third-order valence-electron chi connectivity index (χ3n) is 3.91. The van der Waals surface area contributed by atoms with Crippen molar-refractivity contribution in [2.24, 2.45) is 5.73 Å². The maximum Gasteiger partial charge on any atom is 0.258 e. The Balaban J connectivity index is 1.88. The van der Waals surface area contributed by atoms with E-state index in [0.29, 0.717) is 10.4 Å². The minimum absolute atomic E-state index is 0.000949. The largest absolute Gasteiger partial charge is 0.365 e. The zero-order valence-electron chi connectivity index (χ0n) is 12.7. The van der Waals surface area contributed by atoms with E-state index in [0.717, 1.165) is 29.3 Å². The van der Waals surface area contributed by atoms with Crippen LogP contribution in [0, 0.1) is 0 Å². The normalized spacial score (nSPS) is 17.4. The summed E-state index contributed by atoms with van der Waals surface area (Å²) >= 11 is 2.85. The molecule has 0 bridgehead atoms. The van der Waals surface area contributed by atoms with Gasteiger partial charge in [0.15, 0.2) is 0 Å². The Hall–Kier alpha value is -1.86. The lowest BCUT2D eigenvalue weighted by Crippen LogP contribution is -2.30. The van der Waals surface area contributed by atoms with Gasteiger partial charge in [-0.1, -0.05) is 0 Å². The molecule has 0 aromatic carbocycles. The maximum atomic E-state index is 12.9. The highest BCUT2D eigenvalue weighted by Gasteiger charge is 2.32. The number of likely N-dealkylation sites (tertiary alicyclic amines) is 1. The van der Waals surface area contributed by atoms with Crippen LogP contribution in [-0.2, 0) is 0 Å². The van der Waals surface area contributed by atoms with Crippen LogP contribution >= 0.6 is 23.1 Å². The number of thioether (sulfide) groups is 1. The summed E-state index contributed by atoms with van der Waals surface area (Å²) in [6.07, 6.45) is 5.47. The number of rotatable bonds is 4. The van der Waals surface area contributed by atoms with Crippen LogP contribution in [0.3, 0.4) is 0 Å². The van der Waals surface area contributed by atoms with E-state index >= 15 is 0 Å². The van der Waals surface area contributed by atoms with E-state index in [1.54, 1.807) is 18.3 Å². The van der Waals surface area contributed by atoms with Crippen molar-refractivity contribution in [2.45, 2.75) is 23.9 Å². The molecular weight excluding hydrogens is 330 g/mol. The van der Waals surface area contributed by atoms with Crippen LogP contribution < -0.4 is 5.73 Å². The summed E-state index contributed by atoms with van der Waals surface area (Å²) in [4.78, 5) is 31.9. The molecular formula is C16H17N3O2S2. The molecule has 0 saturated carbocycles. The van der Waals surface area contributed by atoms with Crippen LogP contribution in [0.1, 0.15) is 43.8 Å². The standard InChI is InChI=1S/C16H17N3O2S2/c1-22-15-10(4-2-8-18-15)16(21)19-9-3-5-11(19)12-6-7-13(23-12)14(17)20/h2,4,6-8,11H,3,5,9H2,1H3,(H2,17,20). The van der Waals surface area contributed by atoms with E-state index < -0.39 is 5.91 Å². The lowest BCUT2D eigenvalue weighted by molar-refractivity contribution is 0.0733. The van der Waals surface area contributed by atoms with Crippen molar-refractivity contribution in [2.75, 3.05) is 12.8 Å². The van der Waals surface area contributed by atoms with Crippen LogP contribution in [0.25, 0.3) is 0 Å². The molecule has 23 heavy (non-hydrogen) atoms.